The molecule has 2 amide bonds. The number of nitrogens with zero attached hydrogens (tertiary/aromatic N) is 2. The van der Waals surface area contributed by atoms with Crippen molar-refractivity contribution >= 4 is 51.1 Å². The molecule has 0 atom stereocenters. The molecule has 0 unspecified atom stereocenters. The van der Waals surface area contributed by atoms with E-state index in [0.29, 0.717) is 5.75 Å². The first-order chi connectivity index (χ1) is 12.0. The molecule has 1 N–H and O–H groups in total. The number of esters is 1. The number of ether oxygens (including phenoxy) is 1. The van der Waals surface area contributed by atoms with Gasteiger partial charge in [-0.15, -0.1) is 11.3 Å². The van der Waals surface area contributed by atoms with E-state index in [9.17, 15) is 14.4 Å². The van der Waals surface area contributed by atoms with Crippen molar-refractivity contribution in [3.05, 3.63) is 24.3 Å². The minimum atomic E-state index is -0.498. The summed E-state index contributed by atoms with van der Waals surface area (Å²) >= 11 is 3.06. The van der Waals surface area contributed by atoms with Crippen LogP contribution in [0.25, 0.3) is 10.2 Å². The van der Waals surface area contributed by atoms with Gasteiger partial charge in [0.25, 0.3) is 5.91 Å². The van der Waals surface area contributed by atoms with Crippen LogP contribution in [0.3, 0.4) is 0 Å². The van der Waals surface area contributed by atoms with Crippen LogP contribution in [-0.4, -0.2) is 60.7 Å². The highest BCUT2D eigenvalue weighted by molar-refractivity contribution is 8.01. The van der Waals surface area contributed by atoms with Gasteiger partial charge in [0.05, 0.1) is 23.2 Å². The number of thiazole rings is 1. The number of likely N-dealkylation sites (N-methyl/N-ethyl adjacent to an activating group) is 1. The first kappa shape index (κ1) is 19.2. The van der Waals surface area contributed by atoms with Crippen LogP contribution in [0.2, 0.25) is 0 Å². The molecule has 2 aromatic rings. The average molecular weight is 381 g/mol. The van der Waals surface area contributed by atoms with E-state index in [1.807, 2.05) is 24.3 Å². The quantitative estimate of drug-likeness (QED) is 0.551. The lowest BCUT2D eigenvalue weighted by Crippen LogP contribution is -2.38. The zero-order chi connectivity index (χ0) is 18.2. The maximum Gasteiger partial charge on any atom is 0.307 e. The minimum Gasteiger partial charge on any atom is -0.456 e. The Morgan fingerprint density at radius 3 is 2.76 bits per heavy atom. The minimum absolute atomic E-state index is 0.114. The summed E-state index contributed by atoms with van der Waals surface area (Å²) in [6.45, 7) is -0.498. The molecular formula is C16H19N3O4S2. The van der Waals surface area contributed by atoms with E-state index in [4.69, 9.17) is 4.74 Å². The zero-order valence-electron chi connectivity index (χ0n) is 14.0. The topological polar surface area (TPSA) is 88.6 Å². The van der Waals surface area contributed by atoms with E-state index >= 15 is 0 Å². The molecule has 0 spiro atoms. The maximum absolute atomic E-state index is 11.6. The number of hydrogen-bond donors (Lipinski definition) is 1. The predicted molar refractivity (Wildman–Crippen MR) is 97.6 cm³/mol. The van der Waals surface area contributed by atoms with Gasteiger partial charge in [-0.1, -0.05) is 23.9 Å². The van der Waals surface area contributed by atoms with Crippen molar-refractivity contribution in [3.8, 4) is 0 Å². The fraction of sp³-hybridized carbons (Fsp3) is 0.375. The van der Waals surface area contributed by atoms with Crippen LogP contribution in [0.5, 0.6) is 0 Å². The van der Waals surface area contributed by atoms with Crippen molar-refractivity contribution in [1.82, 2.24) is 15.2 Å². The number of hydrogen-bond acceptors (Lipinski definition) is 7. The number of aromatic nitrogens is 1. The third-order valence-electron chi connectivity index (χ3n) is 3.11. The van der Waals surface area contributed by atoms with Crippen molar-refractivity contribution in [2.45, 2.75) is 10.8 Å². The van der Waals surface area contributed by atoms with Crippen LogP contribution in [0, 0.1) is 0 Å². The highest BCUT2D eigenvalue weighted by Gasteiger charge is 2.11. The summed E-state index contributed by atoms with van der Waals surface area (Å²) in [7, 11) is 3.19. The second kappa shape index (κ2) is 9.38. The molecule has 0 radical (unpaired) electrons. The molecule has 0 saturated carbocycles. The van der Waals surface area contributed by atoms with Gasteiger partial charge in [-0.3, -0.25) is 14.4 Å². The number of nitrogens with one attached hydrogen (secondary N) is 1. The van der Waals surface area contributed by atoms with Gasteiger partial charge in [0.2, 0.25) is 5.91 Å². The van der Waals surface area contributed by atoms with Gasteiger partial charge in [0.15, 0.2) is 10.9 Å². The number of thioether (sulfide) groups is 1. The highest BCUT2D eigenvalue weighted by Crippen LogP contribution is 2.29. The van der Waals surface area contributed by atoms with Gasteiger partial charge < -0.3 is 15.0 Å². The molecule has 9 heteroatoms. The number of carbonyl (C=O) groups is 3. The molecule has 0 saturated heterocycles. The average Bonchev–Trinajstić information content (AvgIpc) is 3.00. The highest BCUT2D eigenvalue weighted by atomic mass is 32.2. The Labute approximate surface area is 153 Å². The molecule has 25 heavy (non-hydrogen) atoms. The van der Waals surface area contributed by atoms with Crippen LogP contribution >= 0.6 is 23.1 Å². The predicted octanol–water partition coefficient (Wildman–Crippen LogP) is 1.53. The van der Waals surface area contributed by atoms with Gasteiger partial charge >= 0.3 is 5.97 Å². The van der Waals surface area contributed by atoms with E-state index in [2.05, 4.69) is 10.3 Å². The Balaban J connectivity index is 1.63. The molecule has 134 valence electrons. The Morgan fingerprint density at radius 1 is 1.28 bits per heavy atom. The number of rotatable bonds is 8. The van der Waals surface area contributed by atoms with Crippen LogP contribution in [-0.2, 0) is 19.1 Å². The van der Waals surface area contributed by atoms with Crippen LogP contribution in [0.15, 0.2) is 28.6 Å². The SMILES string of the molecule is CN(C)C(=O)CNC(=O)COC(=O)CCSc1nc2ccccc2s1. The van der Waals surface area contributed by atoms with Crippen molar-refractivity contribution in [2.24, 2.45) is 0 Å². The van der Waals surface area contributed by atoms with E-state index in [-0.39, 0.29) is 25.5 Å². The maximum atomic E-state index is 11.6. The van der Waals surface area contributed by atoms with E-state index < -0.39 is 11.9 Å². The van der Waals surface area contributed by atoms with Crippen molar-refractivity contribution < 1.29 is 19.1 Å². The molecule has 0 bridgehead atoms. The van der Waals surface area contributed by atoms with Gasteiger partial charge in [0.1, 0.15) is 0 Å². The summed E-state index contributed by atoms with van der Waals surface area (Å²) in [6, 6.07) is 7.85. The second-order valence-corrected chi connectivity index (χ2v) is 7.64. The normalized spacial score (nSPS) is 10.5. The zero-order valence-corrected chi connectivity index (χ0v) is 15.6. The van der Waals surface area contributed by atoms with Gasteiger partial charge in [-0.2, -0.15) is 0 Å². The number of para-hydroxylation sites is 1. The first-order valence-corrected chi connectivity index (χ1v) is 9.37. The second-order valence-electron chi connectivity index (χ2n) is 5.27. The molecule has 0 aliphatic rings. The largest absolute Gasteiger partial charge is 0.456 e. The van der Waals surface area contributed by atoms with Crippen molar-refractivity contribution in [1.29, 1.82) is 0 Å². The third-order valence-corrected chi connectivity index (χ3v) is 5.29. The Morgan fingerprint density at radius 2 is 2.04 bits per heavy atom. The fourth-order valence-electron chi connectivity index (χ4n) is 1.74. The van der Waals surface area contributed by atoms with Crippen LogP contribution in [0.4, 0.5) is 0 Å². The number of amides is 2. The molecular weight excluding hydrogens is 362 g/mol. The van der Waals surface area contributed by atoms with E-state index in [1.54, 1.807) is 25.4 Å². The number of benzene rings is 1. The Bertz CT molecular complexity index is 728. The molecule has 0 aliphatic carbocycles. The van der Waals surface area contributed by atoms with Gasteiger partial charge in [-0.25, -0.2) is 4.98 Å². The van der Waals surface area contributed by atoms with Crippen molar-refractivity contribution in [2.75, 3.05) is 33.0 Å². The number of fused-ring (bicyclic) bond motifs is 1. The lowest BCUT2D eigenvalue weighted by Gasteiger charge is -2.11. The molecule has 1 aromatic heterocycles. The Kier molecular flexibility index (Phi) is 7.20. The summed E-state index contributed by atoms with van der Waals surface area (Å²) in [5, 5.41) is 2.40. The molecule has 1 heterocycles. The van der Waals surface area contributed by atoms with Crippen LogP contribution in [0.1, 0.15) is 6.42 Å². The van der Waals surface area contributed by atoms with Gasteiger partial charge in [-0.05, 0) is 12.1 Å². The lowest BCUT2D eigenvalue weighted by atomic mass is 10.3. The standard InChI is InChI=1S/C16H19N3O4S2/c1-19(2)14(21)9-17-13(20)10-23-15(22)7-8-24-16-18-11-5-3-4-6-12(11)25-16/h3-6H,7-10H2,1-2H3,(H,17,20). The summed E-state index contributed by atoms with van der Waals surface area (Å²) in [4.78, 5) is 40.3. The Hall–Kier alpha value is -2.13. The third kappa shape index (κ3) is 6.35. The first-order valence-electron chi connectivity index (χ1n) is 7.56. The van der Waals surface area contributed by atoms with E-state index in [1.165, 1.54) is 16.7 Å². The molecule has 0 fully saturated rings. The summed E-state index contributed by atoms with van der Waals surface area (Å²) < 4.78 is 6.89. The smallest absolute Gasteiger partial charge is 0.307 e. The molecule has 7 nitrogen and oxygen atoms in total. The monoisotopic (exact) mass is 381 g/mol. The fourth-order valence-corrected chi connectivity index (χ4v) is 3.79. The van der Waals surface area contributed by atoms with E-state index in [0.717, 1.165) is 14.6 Å². The number of carbonyl (C=O) groups excluding carboxylic acids is 3. The van der Waals surface area contributed by atoms with Crippen LogP contribution < -0.4 is 5.32 Å². The summed E-state index contributed by atoms with van der Waals surface area (Å²) in [5.41, 5.74) is 0.946. The van der Waals surface area contributed by atoms with Crippen molar-refractivity contribution in [3.63, 3.8) is 0 Å². The summed E-state index contributed by atoms with van der Waals surface area (Å²) in [6.07, 6.45) is 0.185. The summed E-state index contributed by atoms with van der Waals surface area (Å²) in [5.74, 6) is -0.656. The molecule has 0 aliphatic heterocycles. The lowest BCUT2D eigenvalue weighted by molar-refractivity contribution is -0.148. The molecule has 2 rings (SSSR count). The van der Waals surface area contributed by atoms with Gasteiger partial charge in [0, 0.05) is 19.8 Å². The molecule has 1 aromatic carbocycles.